The minimum absolute atomic E-state index is 0.0451. The van der Waals surface area contributed by atoms with Gasteiger partial charge in [-0.3, -0.25) is 4.79 Å². The summed E-state index contributed by atoms with van der Waals surface area (Å²) in [6.07, 6.45) is 2.48. The second-order valence-corrected chi connectivity index (χ2v) is 5.39. The fourth-order valence-electron chi connectivity index (χ4n) is 2.39. The van der Waals surface area contributed by atoms with Crippen molar-refractivity contribution in [2.45, 2.75) is 45.6 Å². The predicted octanol–water partition coefficient (Wildman–Crippen LogP) is 0.764. The Bertz CT molecular complexity index is 301. The van der Waals surface area contributed by atoms with Crippen molar-refractivity contribution in [1.82, 2.24) is 5.32 Å². The maximum atomic E-state index is 11.9. The number of hydrogen-bond donors (Lipinski definition) is 3. The molecule has 1 aliphatic rings. The number of amides is 1. The zero-order valence-corrected chi connectivity index (χ0v) is 10.4. The second kappa shape index (κ2) is 5.49. The van der Waals surface area contributed by atoms with E-state index in [4.69, 9.17) is 10.2 Å². The summed E-state index contributed by atoms with van der Waals surface area (Å²) in [4.78, 5) is 22.3. The van der Waals surface area contributed by atoms with Crippen LogP contribution in [-0.2, 0) is 9.59 Å². The summed E-state index contributed by atoms with van der Waals surface area (Å²) in [6.45, 7) is 3.90. The number of carbonyl (C=O) groups excluding carboxylic acids is 1. The first-order valence-corrected chi connectivity index (χ1v) is 6.03. The summed E-state index contributed by atoms with van der Waals surface area (Å²) < 4.78 is 0. The molecule has 1 saturated carbocycles. The van der Waals surface area contributed by atoms with Crippen molar-refractivity contribution in [1.29, 1.82) is 0 Å². The monoisotopic (exact) mass is 243 g/mol. The summed E-state index contributed by atoms with van der Waals surface area (Å²) in [5, 5.41) is 20.1. The van der Waals surface area contributed by atoms with E-state index in [0.29, 0.717) is 0 Å². The van der Waals surface area contributed by atoms with Crippen LogP contribution in [0.3, 0.4) is 0 Å². The van der Waals surface area contributed by atoms with E-state index in [-0.39, 0.29) is 23.8 Å². The van der Waals surface area contributed by atoms with Crippen molar-refractivity contribution in [3.05, 3.63) is 0 Å². The lowest BCUT2D eigenvalue weighted by molar-refractivity contribution is -0.146. The van der Waals surface area contributed by atoms with Crippen LogP contribution in [0.15, 0.2) is 0 Å². The van der Waals surface area contributed by atoms with Crippen LogP contribution >= 0.6 is 0 Å². The van der Waals surface area contributed by atoms with Gasteiger partial charge in [-0.25, -0.2) is 4.79 Å². The van der Waals surface area contributed by atoms with Gasteiger partial charge in [0.05, 0.1) is 6.54 Å². The molecule has 0 radical (unpaired) electrons. The van der Waals surface area contributed by atoms with Crippen molar-refractivity contribution < 1.29 is 19.8 Å². The Labute approximate surface area is 101 Å². The summed E-state index contributed by atoms with van der Waals surface area (Å²) in [6, 6.07) is 0. The molecule has 5 nitrogen and oxygen atoms in total. The van der Waals surface area contributed by atoms with E-state index in [1.165, 1.54) is 0 Å². The van der Waals surface area contributed by atoms with Gasteiger partial charge in [-0.1, -0.05) is 26.7 Å². The SMILES string of the molecule is CC1(C)CCCCC1C(=O)NCC(O)C(=O)O. The highest BCUT2D eigenvalue weighted by molar-refractivity contribution is 5.80. The van der Waals surface area contributed by atoms with Gasteiger partial charge in [0.15, 0.2) is 6.10 Å². The van der Waals surface area contributed by atoms with Crippen molar-refractivity contribution in [2.75, 3.05) is 6.54 Å². The third-order valence-corrected chi connectivity index (χ3v) is 3.58. The highest BCUT2D eigenvalue weighted by atomic mass is 16.4. The van der Waals surface area contributed by atoms with Crippen molar-refractivity contribution in [3.8, 4) is 0 Å². The number of carboxylic acids is 1. The lowest BCUT2D eigenvalue weighted by Gasteiger charge is -2.37. The van der Waals surface area contributed by atoms with E-state index in [2.05, 4.69) is 19.2 Å². The molecule has 0 aromatic heterocycles. The topological polar surface area (TPSA) is 86.6 Å². The number of rotatable bonds is 4. The summed E-state index contributed by atoms with van der Waals surface area (Å²) in [7, 11) is 0. The first-order chi connectivity index (χ1) is 7.84. The van der Waals surface area contributed by atoms with Gasteiger partial charge in [-0.05, 0) is 18.3 Å². The number of carboxylic acid groups (broad SMARTS) is 1. The standard InChI is InChI=1S/C12H21NO4/c1-12(2)6-4-3-5-8(12)10(15)13-7-9(14)11(16)17/h8-9,14H,3-7H2,1-2H3,(H,13,15)(H,16,17). The minimum Gasteiger partial charge on any atom is -0.479 e. The Morgan fingerprint density at radius 3 is 2.59 bits per heavy atom. The van der Waals surface area contributed by atoms with Crippen LogP contribution < -0.4 is 5.32 Å². The smallest absolute Gasteiger partial charge is 0.334 e. The highest BCUT2D eigenvalue weighted by Crippen LogP contribution is 2.40. The molecule has 2 atom stereocenters. The molecule has 0 aromatic carbocycles. The van der Waals surface area contributed by atoms with E-state index in [9.17, 15) is 9.59 Å². The van der Waals surface area contributed by atoms with Crippen LogP contribution in [0.5, 0.6) is 0 Å². The Morgan fingerprint density at radius 2 is 2.06 bits per heavy atom. The number of nitrogens with one attached hydrogen (secondary N) is 1. The van der Waals surface area contributed by atoms with Gasteiger partial charge in [-0.2, -0.15) is 0 Å². The number of hydrogen-bond acceptors (Lipinski definition) is 3. The lowest BCUT2D eigenvalue weighted by Crippen LogP contribution is -2.44. The molecular formula is C12H21NO4. The number of aliphatic hydroxyl groups is 1. The molecule has 5 heteroatoms. The van der Waals surface area contributed by atoms with Gasteiger partial charge < -0.3 is 15.5 Å². The van der Waals surface area contributed by atoms with Crippen LogP contribution in [0, 0.1) is 11.3 Å². The number of carbonyl (C=O) groups is 2. The fourth-order valence-corrected chi connectivity index (χ4v) is 2.39. The lowest BCUT2D eigenvalue weighted by atomic mass is 9.68. The van der Waals surface area contributed by atoms with Gasteiger partial charge in [0.25, 0.3) is 0 Å². The molecule has 98 valence electrons. The Morgan fingerprint density at radius 1 is 1.41 bits per heavy atom. The maximum absolute atomic E-state index is 11.9. The first kappa shape index (κ1) is 14.0. The third kappa shape index (κ3) is 3.70. The van der Waals surface area contributed by atoms with Gasteiger partial charge in [0.2, 0.25) is 5.91 Å². The van der Waals surface area contributed by atoms with E-state index in [0.717, 1.165) is 25.7 Å². The molecular weight excluding hydrogens is 222 g/mol. The zero-order valence-electron chi connectivity index (χ0n) is 10.4. The first-order valence-electron chi connectivity index (χ1n) is 6.03. The molecule has 2 unspecified atom stereocenters. The fraction of sp³-hybridized carbons (Fsp3) is 0.833. The Balaban J connectivity index is 2.49. The Kier molecular flexibility index (Phi) is 4.51. The summed E-state index contributed by atoms with van der Waals surface area (Å²) >= 11 is 0. The largest absolute Gasteiger partial charge is 0.479 e. The molecule has 1 amide bonds. The van der Waals surface area contributed by atoms with E-state index in [1.807, 2.05) is 0 Å². The Hall–Kier alpha value is -1.10. The van der Waals surface area contributed by atoms with E-state index >= 15 is 0 Å². The summed E-state index contributed by atoms with van der Waals surface area (Å²) in [5.41, 5.74) is -0.0451. The van der Waals surface area contributed by atoms with Gasteiger partial charge in [-0.15, -0.1) is 0 Å². The number of aliphatic hydroxyl groups excluding tert-OH is 1. The average Bonchev–Trinajstić information content (AvgIpc) is 2.24. The van der Waals surface area contributed by atoms with Gasteiger partial charge in [0, 0.05) is 5.92 Å². The van der Waals surface area contributed by atoms with Gasteiger partial charge in [0.1, 0.15) is 0 Å². The predicted molar refractivity (Wildman–Crippen MR) is 62.4 cm³/mol. The van der Waals surface area contributed by atoms with Crippen LogP contribution in [0.4, 0.5) is 0 Å². The van der Waals surface area contributed by atoms with Crippen molar-refractivity contribution in [2.24, 2.45) is 11.3 Å². The molecule has 0 bridgehead atoms. The maximum Gasteiger partial charge on any atom is 0.334 e. The normalized spacial score (nSPS) is 25.0. The molecule has 0 heterocycles. The van der Waals surface area contributed by atoms with E-state index in [1.54, 1.807) is 0 Å². The molecule has 1 rings (SSSR count). The minimum atomic E-state index is -1.52. The molecule has 0 aliphatic heterocycles. The molecule has 0 saturated heterocycles. The third-order valence-electron chi connectivity index (χ3n) is 3.58. The van der Waals surface area contributed by atoms with E-state index < -0.39 is 12.1 Å². The molecule has 17 heavy (non-hydrogen) atoms. The van der Waals surface area contributed by atoms with Crippen molar-refractivity contribution >= 4 is 11.9 Å². The van der Waals surface area contributed by atoms with Crippen LogP contribution in [-0.4, -0.2) is 34.7 Å². The highest BCUT2D eigenvalue weighted by Gasteiger charge is 2.37. The van der Waals surface area contributed by atoms with Crippen molar-refractivity contribution in [3.63, 3.8) is 0 Å². The van der Waals surface area contributed by atoms with Gasteiger partial charge >= 0.3 is 5.97 Å². The molecule has 0 aromatic rings. The average molecular weight is 243 g/mol. The zero-order chi connectivity index (χ0) is 13.1. The molecule has 3 N–H and O–H groups in total. The number of aliphatic carboxylic acids is 1. The molecule has 1 aliphatic carbocycles. The van der Waals surface area contributed by atoms with Crippen LogP contribution in [0.25, 0.3) is 0 Å². The molecule has 0 spiro atoms. The quantitative estimate of drug-likeness (QED) is 0.680. The second-order valence-electron chi connectivity index (χ2n) is 5.39. The van der Waals surface area contributed by atoms with Crippen LogP contribution in [0.2, 0.25) is 0 Å². The molecule has 1 fully saturated rings. The summed E-state index contributed by atoms with van der Waals surface area (Å²) in [5.74, 6) is -1.54. The van der Waals surface area contributed by atoms with Crippen LogP contribution in [0.1, 0.15) is 39.5 Å².